The summed E-state index contributed by atoms with van der Waals surface area (Å²) in [6.45, 7) is 3.93. The number of benzene rings is 2. The second-order valence-corrected chi connectivity index (χ2v) is 8.10. The molecule has 154 valence electrons. The van der Waals surface area contributed by atoms with Crippen molar-refractivity contribution in [1.29, 1.82) is 0 Å². The number of hydrogen-bond acceptors (Lipinski definition) is 3. The van der Waals surface area contributed by atoms with Crippen LogP contribution in [0.3, 0.4) is 0 Å². The number of para-hydroxylation sites is 1. The highest BCUT2D eigenvalue weighted by atomic mass is 16.2. The van der Waals surface area contributed by atoms with Gasteiger partial charge in [-0.3, -0.25) is 4.79 Å². The average Bonchev–Trinajstić information content (AvgIpc) is 2.68. The van der Waals surface area contributed by atoms with Gasteiger partial charge in [0.05, 0.1) is 12.0 Å². The molecule has 0 bridgehead atoms. The Morgan fingerprint density at radius 3 is 2.24 bits per heavy atom. The van der Waals surface area contributed by atoms with Gasteiger partial charge in [-0.05, 0) is 56.5 Å². The number of carbonyl (C=O) groups excluding carboxylic acids is 2. The molecule has 5 N–H and O–H groups in total. The summed E-state index contributed by atoms with van der Waals surface area (Å²) in [5, 5.41) is 8.68. The predicted molar refractivity (Wildman–Crippen MR) is 117 cm³/mol. The fraction of sp³-hybridized carbons (Fsp3) is 0.391. The van der Waals surface area contributed by atoms with E-state index in [0.29, 0.717) is 5.69 Å². The first-order valence-electron chi connectivity index (χ1n) is 10.2. The molecule has 2 aromatic rings. The number of carbonyl (C=O) groups is 2. The lowest BCUT2D eigenvalue weighted by molar-refractivity contribution is -0.128. The number of urea groups is 1. The van der Waals surface area contributed by atoms with Crippen molar-refractivity contribution in [2.45, 2.75) is 51.1 Å². The van der Waals surface area contributed by atoms with E-state index < -0.39 is 5.54 Å². The molecule has 3 unspecified atom stereocenters. The zero-order valence-electron chi connectivity index (χ0n) is 17.1. The van der Waals surface area contributed by atoms with Gasteiger partial charge in [0.2, 0.25) is 5.91 Å². The zero-order chi connectivity index (χ0) is 20.9. The molecule has 2 aromatic carbocycles. The molecule has 0 heterocycles. The molecular formula is C23H30N4O2. The second kappa shape index (κ2) is 9.09. The molecule has 0 aromatic heterocycles. The van der Waals surface area contributed by atoms with Crippen LogP contribution in [0, 0.1) is 5.92 Å². The predicted octanol–water partition coefficient (Wildman–Crippen LogP) is 4.42. The average molecular weight is 395 g/mol. The van der Waals surface area contributed by atoms with Crippen molar-refractivity contribution in [3.8, 4) is 0 Å². The maximum absolute atomic E-state index is 12.7. The first kappa shape index (κ1) is 20.9. The SMILES string of the molecule is CC(NC(=O)C1CCCCC1(C)N)c1ccc(NC(=O)Nc2ccccc2)cc1. The largest absolute Gasteiger partial charge is 0.349 e. The van der Waals surface area contributed by atoms with Gasteiger partial charge in [0.25, 0.3) is 0 Å². The third kappa shape index (κ3) is 5.57. The summed E-state index contributed by atoms with van der Waals surface area (Å²) in [5.74, 6) is -0.132. The van der Waals surface area contributed by atoms with Gasteiger partial charge in [-0.1, -0.05) is 43.2 Å². The van der Waals surface area contributed by atoms with Gasteiger partial charge < -0.3 is 21.7 Å². The molecule has 1 fully saturated rings. The van der Waals surface area contributed by atoms with Crippen LogP contribution in [0.2, 0.25) is 0 Å². The number of nitrogens with two attached hydrogens (primary N) is 1. The fourth-order valence-electron chi connectivity index (χ4n) is 3.86. The van der Waals surface area contributed by atoms with Crippen molar-refractivity contribution >= 4 is 23.3 Å². The molecule has 29 heavy (non-hydrogen) atoms. The van der Waals surface area contributed by atoms with E-state index in [4.69, 9.17) is 5.73 Å². The highest BCUT2D eigenvalue weighted by molar-refractivity contribution is 5.99. The zero-order valence-corrected chi connectivity index (χ0v) is 17.1. The Balaban J connectivity index is 1.55. The molecule has 0 radical (unpaired) electrons. The summed E-state index contributed by atoms with van der Waals surface area (Å²) in [7, 11) is 0. The molecule has 0 saturated heterocycles. The Morgan fingerprint density at radius 1 is 1.00 bits per heavy atom. The smallest absolute Gasteiger partial charge is 0.323 e. The maximum Gasteiger partial charge on any atom is 0.323 e. The number of nitrogens with one attached hydrogen (secondary N) is 3. The van der Waals surface area contributed by atoms with Crippen molar-refractivity contribution < 1.29 is 9.59 Å². The van der Waals surface area contributed by atoms with Crippen LogP contribution in [0.25, 0.3) is 0 Å². The minimum absolute atomic E-state index is 0.0200. The Hall–Kier alpha value is -2.86. The van der Waals surface area contributed by atoms with Gasteiger partial charge in [-0.25, -0.2) is 4.79 Å². The van der Waals surface area contributed by atoms with Gasteiger partial charge in [0, 0.05) is 16.9 Å². The third-order valence-corrected chi connectivity index (χ3v) is 5.63. The normalized spacial score (nSPS) is 22.4. The molecule has 0 aliphatic heterocycles. The molecule has 1 aliphatic carbocycles. The van der Waals surface area contributed by atoms with Crippen LogP contribution >= 0.6 is 0 Å². The number of amides is 3. The molecule has 3 atom stereocenters. The van der Waals surface area contributed by atoms with Crippen LogP contribution in [0.4, 0.5) is 16.2 Å². The van der Waals surface area contributed by atoms with E-state index in [0.717, 1.165) is 36.9 Å². The molecule has 3 rings (SSSR count). The maximum atomic E-state index is 12.7. The lowest BCUT2D eigenvalue weighted by Crippen LogP contribution is -2.53. The van der Waals surface area contributed by atoms with Gasteiger partial charge in [-0.2, -0.15) is 0 Å². The summed E-state index contributed by atoms with van der Waals surface area (Å²) < 4.78 is 0. The quantitative estimate of drug-likeness (QED) is 0.604. The van der Waals surface area contributed by atoms with Gasteiger partial charge in [0.15, 0.2) is 0 Å². The lowest BCUT2D eigenvalue weighted by atomic mass is 9.74. The molecule has 6 nitrogen and oxygen atoms in total. The number of hydrogen-bond donors (Lipinski definition) is 4. The summed E-state index contributed by atoms with van der Waals surface area (Å²) in [6, 6.07) is 16.3. The molecular weight excluding hydrogens is 364 g/mol. The van der Waals surface area contributed by atoms with Crippen LogP contribution in [-0.2, 0) is 4.79 Å². The van der Waals surface area contributed by atoms with E-state index in [1.54, 1.807) is 0 Å². The van der Waals surface area contributed by atoms with E-state index >= 15 is 0 Å². The lowest BCUT2D eigenvalue weighted by Gasteiger charge is -2.37. The number of anilines is 2. The molecule has 6 heteroatoms. The van der Waals surface area contributed by atoms with Crippen LogP contribution in [0.5, 0.6) is 0 Å². The van der Waals surface area contributed by atoms with Gasteiger partial charge >= 0.3 is 6.03 Å². The van der Waals surface area contributed by atoms with Crippen LogP contribution < -0.4 is 21.7 Å². The number of rotatable bonds is 5. The van der Waals surface area contributed by atoms with Crippen molar-refractivity contribution in [1.82, 2.24) is 5.32 Å². The Labute approximate surface area is 172 Å². The van der Waals surface area contributed by atoms with Crippen LogP contribution in [-0.4, -0.2) is 17.5 Å². The molecule has 0 spiro atoms. The Bertz CT molecular complexity index is 834. The standard InChI is InChI=1S/C23H30N4O2/c1-16(25-21(28)20-10-6-7-15-23(20,2)24)17-11-13-19(14-12-17)27-22(29)26-18-8-4-3-5-9-18/h3-5,8-9,11-14,16,20H,6-7,10,15,24H2,1-2H3,(H,25,28)(H2,26,27,29). The van der Waals surface area contributed by atoms with Gasteiger partial charge in [-0.15, -0.1) is 0 Å². The molecule has 3 amide bonds. The Morgan fingerprint density at radius 2 is 1.62 bits per heavy atom. The van der Waals surface area contributed by atoms with E-state index in [1.165, 1.54) is 0 Å². The molecule has 1 saturated carbocycles. The van der Waals surface area contributed by atoms with Crippen LogP contribution in [0.15, 0.2) is 54.6 Å². The van der Waals surface area contributed by atoms with E-state index in [-0.39, 0.29) is 23.9 Å². The van der Waals surface area contributed by atoms with Crippen molar-refractivity contribution in [3.63, 3.8) is 0 Å². The summed E-state index contributed by atoms with van der Waals surface area (Å²) in [5.41, 5.74) is 8.30. The van der Waals surface area contributed by atoms with E-state index in [9.17, 15) is 9.59 Å². The van der Waals surface area contributed by atoms with Crippen molar-refractivity contribution in [3.05, 3.63) is 60.2 Å². The first-order chi connectivity index (χ1) is 13.8. The highest BCUT2D eigenvalue weighted by Crippen LogP contribution is 2.32. The minimum atomic E-state index is -0.443. The summed E-state index contributed by atoms with van der Waals surface area (Å²) >= 11 is 0. The van der Waals surface area contributed by atoms with Gasteiger partial charge in [0.1, 0.15) is 0 Å². The van der Waals surface area contributed by atoms with Crippen LogP contribution in [0.1, 0.15) is 51.1 Å². The van der Waals surface area contributed by atoms with E-state index in [1.807, 2.05) is 68.4 Å². The highest BCUT2D eigenvalue weighted by Gasteiger charge is 2.38. The first-order valence-corrected chi connectivity index (χ1v) is 10.2. The minimum Gasteiger partial charge on any atom is -0.349 e. The molecule has 1 aliphatic rings. The van der Waals surface area contributed by atoms with Crippen molar-refractivity contribution in [2.75, 3.05) is 10.6 Å². The summed E-state index contributed by atoms with van der Waals surface area (Å²) in [4.78, 5) is 24.8. The van der Waals surface area contributed by atoms with E-state index in [2.05, 4.69) is 16.0 Å². The topological polar surface area (TPSA) is 96.2 Å². The summed E-state index contributed by atoms with van der Waals surface area (Å²) in [6.07, 6.45) is 3.85. The second-order valence-electron chi connectivity index (χ2n) is 8.10. The monoisotopic (exact) mass is 394 g/mol. The van der Waals surface area contributed by atoms with Crippen molar-refractivity contribution in [2.24, 2.45) is 11.7 Å². The third-order valence-electron chi connectivity index (χ3n) is 5.63. The Kier molecular flexibility index (Phi) is 6.54. The fourth-order valence-corrected chi connectivity index (χ4v) is 3.86.